The summed E-state index contributed by atoms with van der Waals surface area (Å²) >= 11 is 1.36. The first kappa shape index (κ1) is 12.3. The van der Waals surface area contributed by atoms with Gasteiger partial charge >= 0.3 is 0 Å². The van der Waals surface area contributed by atoms with Crippen LogP contribution < -0.4 is 4.90 Å². The van der Waals surface area contributed by atoms with Crippen molar-refractivity contribution in [3.05, 3.63) is 40.1 Å². The van der Waals surface area contributed by atoms with E-state index in [4.69, 9.17) is 4.74 Å². The van der Waals surface area contributed by atoms with Crippen LogP contribution in [0.3, 0.4) is 0 Å². The molecule has 0 atom stereocenters. The van der Waals surface area contributed by atoms with Gasteiger partial charge in [0.1, 0.15) is 4.88 Å². The van der Waals surface area contributed by atoms with Crippen molar-refractivity contribution in [2.45, 2.75) is 13.0 Å². The lowest BCUT2D eigenvalue weighted by Gasteiger charge is -2.16. The number of aromatic nitrogens is 2. The van der Waals surface area contributed by atoms with Crippen LogP contribution in [0, 0.1) is 0 Å². The molecule has 0 saturated heterocycles. The number of rotatable bonds is 3. The minimum Gasteiger partial charge on any atom is -0.378 e. The van der Waals surface area contributed by atoms with Gasteiger partial charge in [-0.2, -0.15) is 0 Å². The van der Waals surface area contributed by atoms with Gasteiger partial charge in [0.15, 0.2) is 0 Å². The molecule has 0 N–H and O–H groups in total. The summed E-state index contributed by atoms with van der Waals surface area (Å²) in [5.41, 5.74) is 4.46. The van der Waals surface area contributed by atoms with Gasteiger partial charge < -0.3 is 9.64 Å². The molecule has 0 unspecified atom stereocenters. The standard InChI is InChI=1S/C13H13N3O2S/c1-18-7-10-12(19-8-15-10)13(17)16-5-3-9-2-4-14-6-11(9)16/h2,4,6,8H,3,5,7H2,1H3. The number of fused-ring (bicyclic) bond motifs is 1. The average molecular weight is 275 g/mol. The Morgan fingerprint density at radius 2 is 2.47 bits per heavy atom. The third-order valence-electron chi connectivity index (χ3n) is 3.14. The van der Waals surface area contributed by atoms with Crippen LogP contribution in [0.1, 0.15) is 20.9 Å². The molecular weight excluding hydrogens is 262 g/mol. The minimum absolute atomic E-state index is 0.0127. The molecule has 0 bridgehead atoms. The van der Waals surface area contributed by atoms with E-state index >= 15 is 0 Å². The Bertz CT molecular complexity index is 611. The maximum absolute atomic E-state index is 12.6. The van der Waals surface area contributed by atoms with E-state index in [1.165, 1.54) is 16.9 Å². The average Bonchev–Trinajstić information content (AvgIpc) is 3.04. The van der Waals surface area contributed by atoms with Gasteiger partial charge in [-0.15, -0.1) is 11.3 Å². The van der Waals surface area contributed by atoms with Gasteiger partial charge in [-0.3, -0.25) is 9.78 Å². The Kier molecular flexibility index (Phi) is 3.27. The van der Waals surface area contributed by atoms with Crippen LogP contribution in [0.5, 0.6) is 0 Å². The predicted molar refractivity (Wildman–Crippen MR) is 72.4 cm³/mol. The van der Waals surface area contributed by atoms with Crippen molar-refractivity contribution < 1.29 is 9.53 Å². The molecule has 0 aromatic carbocycles. The third-order valence-corrected chi connectivity index (χ3v) is 4.00. The molecule has 6 heteroatoms. The highest BCUT2D eigenvalue weighted by Gasteiger charge is 2.28. The number of amides is 1. The number of methoxy groups -OCH3 is 1. The molecule has 5 nitrogen and oxygen atoms in total. The third kappa shape index (κ3) is 2.13. The summed E-state index contributed by atoms with van der Waals surface area (Å²) in [6, 6.07) is 1.96. The SMILES string of the molecule is COCc1ncsc1C(=O)N1CCc2ccncc21. The molecule has 2 aromatic heterocycles. The monoisotopic (exact) mass is 275 g/mol. The van der Waals surface area contributed by atoms with Gasteiger partial charge in [0.05, 0.1) is 29.7 Å². The van der Waals surface area contributed by atoms with Crippen molar-refractivity contribution in [1.29, 1.82) is 0 Å². The zero-order valence-electron chi connectivity index (χ0n) is 10.5. The summed E-state index contributed by atoms with van der Waals surface area (Å²) < 4.78 is 5.07. The van der Waals surface area contributed by atoms with Crippen LogP contribution in [-0.4, -0.2) is 29.5 Å². The lowest BCUT2D eigenvalue weighted by Crippen LogP contribution is -2.29. The molecule has 0 saturated carbocycles. The maximum atomic E-state index is 12.6. The van der Waals surface area contributed by atoms with E-state index < -0.39 is 0 Å². The molecule has 1 aliphatic rings. The number of carbonyl (C=O) groups is 1. The van der Waals surface area contributed by atoms with Crippen molar-refractivity contribution >= 4 is 22.9 Å². The van der Waals surface area contributed by atoms with Crippen LogP contribution in [0.2, 0.25) is 0 Å². The second-order valence-corrected chi connectivity index (χ2v) is 5.13. The molecule has 2 aromatic rings. The number of hydrogen-bond acceptors (Lipinski definition) is 5. The second kappa shape index (κ2) is 5.07. The Morgan fingerprint density at radius 1 is 1.58 bits per heavy atom. The van der Waals surface area contributed by atoms with Gasteiger partial charge in [0.25, 0.3) is 5.91 Å². The quantitative estimate of drug-likeness (QED) is 0.858. The number of pyridine rings is 1. The highest BCUT2D eigenvalue weighted by molar-refractivity contribution is 7.12. The molecule has 3 rings (SSSR count). The number of thiazole rings is 1. The molecule has 0 spiro atoms. The first-order valence-electron chi connectivity index (χ1n) is 5.97. The molecule has 3 heterocycles. The number of ether oxygens (including phenoxy) is 1. The maximum Gasteiger partial charge on any atom is 0.270 e. The lowest BCUT2D eigenvalue weighted by molar-refractivity contribution is 0.0988. The fraction of sp³-hybridized carbons (Fsp3) is 0.308. The molecule has 0 radical (unpaired) electrons. The van der Waals surface area contributed by atoms with Crippen molar-refractivity contribution in [3.63, 3.8) is 0 Å². The van der Waals surface area contributed by atoms with Crippen molar-refractivity contribution in [1.82, 2.24) is 9.97 Å². The molecule has 0 aliphatic carbocycles. The summed E-state index contributed by atoms with van der Waals surface area (Å²) in [5.74, 6) is -0.0127. The fourth-order valence-corrected chi connectivity index (χ4v) is 2.98. The molecule has 1 aliphatic heterocycles. The van der Waals surface area contributed by atoms with Crippen LogP contribution >= 0.6 is 11.3 Å². The Hall–Kier alpha value is -1.79. The summed E-state index contributed by atoms with van der Waals surface area (Å²) in [5, 5.41) is 0. The van der Waals surface area contributed by atoms with Gasteiger partial charge in [0, 0.05) is 19.9 Å². The van der Waals surface area contributed by atoms with E-state index in [0.29, 0.717) is 23.7 Å². The normalized spacial score (nSPS) is 13.6. The number of anilines is 1. The van der Waals surface area contributed by atoms with E-state index in [2.05, 4.69) is 9.97 Å². The van der Waals surface area contributed by atoms with E-state index in [-0.39, 0.29) is 5.91 Å². The Balaban J connectivity index is 1.91. The van der Waals surface area contributed by atoms with Gasteiger partial charge in [-0.1, -0.05) is 0 Å². The van der Waals surface area contributed by atoms with Gasteiger partial charge in [-0.25, -0.2) is 4.98 Å². The number of nitrogens with zero attached hydrogens (tertiary/aromatic N) is 3. The summed E-state index contributed by atoms with van der Waals surface area (Å²) in [4.78, 5) is 23.3. The van der Waals surface area contributed by atoms with Crippen LogP contribution in [0.15, 0.2) is 24.0 Å². The zero-order chi connectivity index (χ0) is 13.2. The molecular formula is C13H13N3O2S. The molecule has 1 amide bonds. The van der Waals surface area contributed by atoms with E-state index in [1.807, 2.05) is 6.07 Å². The first-order valence-corrected chi connectivity index (χ1v) is 6.85. The van der Waals surface area contributed by atoms with Crippen LogP contribution in [-0.2, 0) is 17.8 Å². The van der Waals surface area contributed by atoms with E-state index in [1.54, 1.807) is 29.9 Å². The largest absolute Gasteiger partial charge is 0.378 e. The summed E-state index contributed by atoms with van der Waals surface area (Å²) in [6.45, 7) is 1.06. The minimum atomic E-state index is -0.0127. The van der Waals surface area contributed by atoms with Crippen molar-refractivity contribution in [2.24, 2.45) is 0 Å². The number of carbonyl (C=O) groups excluding carboxylic acids is 1. The highest BCUT2D eigenvalue weighted by atomic mass is 32.1. The first-order chi connectivity index (χ1) is 9.31. The summed E-state index contributed by atoms with van der Waals surface area (Å²) in [6.07, 6.45) is 4.38. The Labute approximate surface area is 114 Å². The number of hydrogen-bond donors (Lipinski definition) is 0. The zero-order valence-corrected chi connectivity index (χ0v) is 11.3. The highest BCUT2D eigenvalue weighted by Crippen LogP contribution is 2.29. The van der Waals surface area contributed by atoms with Crippen molar-refractivity contribution in [2.75, 3.05) is 18.6 Å². The van der Waals surface area contributed by atoms with Gasteiger partial charge in [0.2, 0.25) is 0 Å². The molecule has 0 fully saturated rings. The van der Waals surface area contributed by atoms with E-state index in [0.717, 1.165) is 12.1 Å². The molecule has 19 heavy (non-hydrogen) atoms. The van der Waals surface area contributed by atoms with Gasteiger partial charge in [-0.05, 0) is 18.1 Å². The lowest BCUT2D eigenvalue weighted by atomic mass is 10.2. The second-order valence-electron chi connectivity index (χ2n) is 4.27. The Morgan fingerprint density at radius 3 is 3.32 bits per heavy atom. The van der Waals surface area contributed by atoms with Crippen molar-refractivity contribution in [3.8, 4) is 0 Å². The fourth-order valence-electron chi connectivity index (χ4n) is 2.24. The molecule has 98 valence electrons. The topological polar surface area (TPSA) is 55.3 Å². The van der Waals surface area contributed by atoms with Crippen LogP contribution in [0.4, 0.5) is 5.69 Å². The summed E-state index contributed by atoms with van der Waals surface area (Å²) in [7, 11) is 1.60. The smallest absolute Gasteiger partial charge is 0.270 e. The predicted octanol–water partition coefficient (Wildman–Crippen LogP) is 1.89. The van der Waals surface area contributed by atoms with Crippen LogP contribution in [0.25, 0.3) is 0 Å². The van der Waals surface area contributed by atoms with E-state index in [9.17, 15) is 4.79 Å².